The minimum atomic E-state index is 0.714. The molecule has 2 rings (SSSR count). The van der Waals surface area contributed by atoms with Crippen LogP contribution in [-0.4, -0.2) is 28.4 Å². The van der Waals surface area contributed by atoms with Gasteiger partial charge in [0.05, 0.1) is 32.9 Å². The molecule has 122 valence electrons. The van der Waals surface area contributed by atoms with E-state index in [1.807, 2.05) is 42.5 Å². The molecular formula is C18H19BrO4. The summed E-state index contributed by atoms with van der Waals surface area (Å²) in [4.78, 5) is 0. The molecule has 23 heavy (non-hydrogen) atoms. The fourth-order valence-corrected chi connectivity index (χ4v) is 2.64. The first-order chi connectivity index (χ1) is 11.1. The van der Waals surface area contributed by atoms with Crippen LogP contribution in [0, 0.1) is 0 Å². The molecule has 0 spiro atoms. The highest BCUT2D eigenvalue weighted by molar-refractivity contribution is 9.10. The van der Waals surface area contributed by atoms with E-state index in [4.69, 9.17) is 18.9 Å². The van der Waals surface area contributed by atoms with E-state index in [2.05, 4.69) is 15.9 Å². The Balaban J connectivity index is 2.40. The largest absolute Gasteiger partial charge is 0.497 e. The molecule has 0 bridgehead atoms. The normalized spacial score (nSPS) is 10.7. The van der Waals surface area contributed by atoms with Gasteiger partial charge in [-0.15, -0.1) is 0 Å². The van der Waals surface area contributed by atoms with Crippen molar-refractivity contribution in [2.75, 3.05) is 28.4 Å². The van der Waals surface area contributed by atoms with E-state index in [9.17, 15) is 0 Å². The summed E-state index contributed by atoms with van der Waals surface area (Å²) in [6.07, 6.45) is 3.94. The van der Waals surface area contributed by atoms with Crippen molar-refractivity contribution in [3.63, 3.8) is 0 Å². The average molecular weight is 379 g/mol. The molecule has 0 radical (unpaired) electrons. The summed E-state index contributed by atoms with van der Waals surface area (Å²) in [5, 5.41) is 0. The third-order valence-corrected chi connectivity index (χ3v) is 4.23. The Bertz CT molecular complexity index is 710. The molecule has 0 N–H and O–H groups in total. The van der Waals surface area contributed by atoms with Crippen LogP contribution in [0.4, 0.5) is 0 Å². The molecule has 0 saturated heterocycles. The van der Waals surface area contributed by atoms with Gasteiger partial charge in [-0.2, -0.15) is 0 Å². The average Bonchev–Trinajstić information content (AvgIpc) is 2.60. The highest BCUT2D eigenvalue weighted by Gasteiger charge is 2.08. The minimum absolute atomic E-state index is 0.714. The van der Waals surface area contributed by atoms with Crippen molar-refractivity contribution < 1.29 is 18.9 Å². The SMILES string of the molecule is COc1ccc(/C=C/c2cc(OC)cc(OC)c2Br)c(OC)c1. The Labute approximate surface area is 144 Å². The second-order valence-electron chi connectivity index (χ2n) is 4.67. The van der Waals surface area contributed by atoms with Gasteiger partial charge in [0.25, 0.3) is 0 Å². The van der Waals surface area contributed by atoms with Crippen molar-refractivity contribution in [1.82, 2.24) is 0 Å². The molecule has 0 aromatic heterocycles. The molecule has 0 unspecified atom stereocenters. The van der Waals surface area contributed by atoms with E-state index in [0.29, 0.717) is 5.75 Å². The molecule has 5 heteroatoms. The van der Waals surface area contributed by atoms with Crippen LogP contribution in [0.15, 0.2) is 34.8 Å². The first-order valence-electron chi connectivity index (χ1n) is 6.94. The first-order valence-corrected chi connectivity index (χ1v) is 7.73. The highest BCUT2D eigenvalue weighted by Crippen LogP contribution is 2.35. The summed E-state index contributed by atoms with van der Waals surface area (Å²) in [5.41, 5.74) is 1.89. The predicted molar refractivity (Wildman–Crippen MR) is 95.7 cm³/mol. The number of benzene rings is 2. The molecule has 0 aliphatic rings. The zero-order valence-corrected chi connectivity index (χ0v) is 15.1. The molecule has 0 aliphatic carbocycles. The summed E-state index contributed by atoms with van der Waals surface area (Å²) in [6, 6.07) is 9.44. The van der Waals surface area contributed by atoms with E-state index in [0.717, 1.165) is 32.8 Å². The number of hydrogen-bond acceptors (Lipinski definition) is 4. The van der Waals surface area contributed by atoms with Gasteiger partial charge in [0.15, 0.2) is 0 Å². The van der Waals surface area contributed by atoms with E-state index in [1.54, 1.807) is 28.4 Å². The quantitative estimate of drug-likeness (QED) is 0.685. The van der Waals surface area contributed by atoms with Crippen molar-refractivity contribution >= 4 is 28.1 Å². The van der Waals surface area contributed by atoms with Gasteiger partial charge >= 0.3 is 0 Å². The van der Waals surface area contributed by atoms with Crippen LogP contribution in [0.2, 0.25) is 0 Å². The Morgan fingerprint density at radius 2 is 1.30 bits per heavy atom. The molecule has 4 nitrogen and oxygen atoms in total. The lowest BCUT2D eigenvalue weighted by atomic mass is 10.1. The minimum Gasteiger partial charge on any atom is -0.497 e. The maximum absolute atomic E-state index is 5.40. The van der Waals surface area contributed by atoms with Gasteiger partial charge in [0.1, 0.15) is 23.0 Å². The third kappa shape index (κ3) is 3.99. The van der Waals surface area contributed by atoms with Crippen LogP contribution in [0.5, 0.6) is 23.0 Å². The lowest BCUT2D eigenvalue weighted by Crippen LogP contribution is -1.91. The molecule has 2 aromatic rings. The van der Waals surface area contributed by atoms with Gasteiger partial charge in [-0.1, -0.05) is 12.2 Å². The van der Waals surface area contributed by atoms with Gasteiger partial charge in [-0.05, 0) is 39.7 Å². The second kappa shape index (κ2) is 7.92. The van der Waals surface area contributed by atoms with Crippen LogP contribution < -0.4 is 18.9 Å². The van der Waals surface area contributed by atoms with E-state index in [-0.39, 0.29) is 0 Å². The molecule has 0 saturated carbocycles. The topological polar surface area (TPSA) is 36.9 Å². The summed E-state index contributed by atoms with van der Waals surface area (Å²) in [7, 11) is 6.52. The smallest absolute Gasteiger partial charge is 0.137 e. The van der Waals surface area contributed by atoms with Crippen molar-refractivity contribution in [3.05, 3.63) is 45.9 Å². The lowest BCUT2D eigenvalue weighted by molar-refractivity contribution is 0.392. The van der Waals surface area contributed by atoms with Crippen LogP contribution in [0.25, 0.3) is 12.2 Å². The zero-order valence-electron chi connectivity index (χ0n) is 13.6. The number of halogens is 1. The second-order valence-corrected chi connectivity index (χ2v) is 5.47. The van der Waals surface area contributed by atoms with Gasteiger partial charge in [0, 0.05) is 17.7 Å². The van der Waals surface area contributed by atoms with Gasteiger partial charge in [-0.25, -0.2) is 0 Å². The molecule has 0 heterocycles. The molecule has 2 aromatic carbocycles. The summed E-state index contributed by atoms with van der Waals surface area (Å²) in [6.45, 7) is 0. The molecule has 0 atom stereocenters. The maximum Gasteiger partial charge on any atom is 0.137 e. The molecular weight excluding hydrogens is 360 g/mol. The maximum atomic E-state index is 5.40. The van der Waals surface area contributed by atoms with Gasteiger partial charge in [-0.3, -0.25) is 0 Å². The monoisotopic (exact) mass is 378 g/mol. The van der Waals surface area contributed by atoms with E-state index >= 15 is 0 Å². The van der Waals surface area contributed by atoms with Crippen molar-refractivity contribution in [2.45, 2.75) is 0 Å². The number of hydrogen-bond donors (Lipinski definition) is 0. The highest BCUT2D eigenvalue weighted by atomic mass is 79.9. The Kier molecular flexibility index (Phi) is 5.93. The van der Waals surface area contributed by atoms with Crippen molar-refractivity contribution in [3.8, 4) is 23.0 Å². The molecule has 0 fully saturated rings. The molecule has 0 amide bonds. The zero-order chi connectivity index (χ0) is 16.8. The van der Waals surface area contributed by atoms with E-state index < -0.39 is 0 Å². The standard InChI is InChI=1S/C18H19BrO4/c1-20-14-8-7-12(16(10-14)22-3)5-6-13-9-15(21-2)11-17(23-4)18(13)19/h5-11H,1-4H3/b6-5+. The first kappa shape index (κ1) is 17.2. The van der Waals surface area contributed by atoms with Gasteiger partial charge in [0.2, 0.25) is 0 Å². The fraction of sp³-hybridized carbons (Fsp3) is 0.222. The summed E-state index contributed by atoms with van der Waals surface area (Å²) in [5.74, 6) is 2.94. The fourth-order valence-electron chi connectivity index (χ4n) is 2.12. The van der Waals surface area contributed by atoms with Crippen LogP contribution in [0.1, 0.15) is 11.1 Å². The Hall–Kier alpha value is -2.14. The lowest BCUT2D eigenvalue weighted by Gasteiger charge is -2.10. The van der Waals surface area contributed by atoms with Crippen molar-refractivity contribution in [2.24, 2.45) is 0 Å². The van der Waals surface area contributed by atoms with Crippen LogP contribution in [-0.2, 0) is 0 Å². The number of ether oxygens (including phenoxy) is 4. The van der Waals surface area contributed by atoms with Crippen LogP contribution in [0.3, 0.4) is 0 Å². The Morgan fingerprint density at radius 3 is 1.91 bits per heavy atom. The third-order valence-electron chi connectivity index (χ3n) is 3.38. The van der Waals surface area contributed by atoms with Gasteiger partial charge < -0.3 is 18.9 Å². The predicted octanol–water partition coefficient (Wildman–Crippen LogP) is 4.65. The summed E-state index contributed by atoms with van der Waals surface area (Å²) < 4.78 is 22.1. The van der Waals surface area contributed by atoms with Crippen LogP contribution >= 0.6 is 15.9 Å². The van der Waals surface area contributed by atoms with E-state index in [1.165, 1.54) is 0 Å². The summed E-state index contributed by atoms with van der Waals surface area (Å²) >= 11 is 3.55. The Morgan fingerprint density at radius 1 is 0.696 bits per heavy atom. The van der Waals surface area contributed by atoms with Crippen molar-refractivity contribution in [1.29, 1.82) is 0 Å². The number of rotatable bonds is 6. The number of methoxy groups -OCH3 is 4. The molecule has 0 aliphatic heterocycles.